The van der Waals surface area contributed by atoms with E-state index < -0.39 is 29.7 Å². The molecule has 40 heavy (non-hydrogen) atoms. The van der Waals surface area contributed by atoms with Crippen molar-refractivity contribution in [1.29, 1.82) is 5.41 Å². The second kappa shape index (κ2) is 12.6. The van der Waals surface area contributed by atoms with E-state index in [4.69, 9.17) is 19.9 Å². The lowest BCUT2D eigenvalue weighted by Gasteiger charge is -2.35. The van der Waals surface area contributed by atoms with Crippen molar-refractivity contribution in [2.24, 2.45) is 22.2 Å². The first-order valence-electron chi connectivity index (χ1n) is 14.7. The summed E-state index contributed by atoms with van der Waals surface area (Å²) in [5.74, 6) is 0.785. The second-order valence-corrected chi connectivity index (χ2v) is 12.7. The van der Waals surface area contributed by atoms with Gasteiger partial charge in [0, 0.05) is 18.3 Å². The number of rotatable bonds is 2. The van der Waals surface area contributed by atoms with E-state index >= 15 is 0 Å². The van der Waals surface area contributed by atoms with Crippen molar-refractivity contribution in [3.05, 3.63) is 23.9 Å². The summed E-state index contributed by atoms with van der Waals surface area (Å²) in [6.07, 6.45) is 10.9. The van der Waals surface area contributed by atoms with E-state index in [-0.39, 0.29) is 30.3 Å². The lowest BCUT2D eigenvalue weighted by atomic mass is 9.85. The largest absolute Gasteiger partial charge is 0.485 e. The number of nitrogens with one attached hydrogen (secondary N) is 3. The zero-order valence-electron chi connectivity index (χ0n) is 24.5. The molecule has 4 rings (SSSR count). The number of allylic oxidation sites excluding steroid dienone is 2. The number of hydrogen-bond donors (Lipinski definition) is 3. The van der Waals surface area contributed by atoms with Crippen LogP contribution in [0.4, 0.5) is 4.79 Å². The molecule has 10 nitrogen and oxygen atoms in total. The van der Waals surface area contributed by atoms with Crippen LogP contribution in [0.25, 0.3) is 0 Å². The lowest BCUT2D eigenvalue weighted by Crippen LogP contribution is -2.57. The van der Waals surface area contributed by atoms with Crippen molar-refractivity contribution in [3.8, 4) is 0 Å². The number of carbonyl (C=O) groups excluding carboxylic acids is 3. The predicted molar refractivity (Wildman–Crippen MR) is 153 cm³/mol. The van der Waals surface area contributed by atoms with Gasteiger partial charge in [0.1, 0.15) is 24.1 Å². The van der Waals surface area contributed by atoms with Gasteiger partial charge in [0.25, 0.3) is 0 Å². The summed E-state index contributed by atoms with van der Waals surface area (Å²) in [5.41, 5.74) is 0.189. The third kappa shape index (κ3) is 6.75. The Hall–Kier alpha value is -3.17. The maximum absolute atomic E-state index is 14.0. The maximum Gasteiger partial charge on any atom is 0.408 e. The van der Waals surface area contributed by atoms with Crippen LogP contribution in [0, 0.1) is 22.7 Å². The van der Waals surface area contributed by atoms with E-state index in [1.165, 1.54) is 13.1 Å². The molecule has 2 amide bonds. The highest BCUT2D eigenvalue weighted by atomic mass is 16.6. The molecule has 2 saturated heterocycles. The minimum Gasteiger partial charge on any atom is -0.485 e. The van der Waals surface area contributed by atoms with Crippen molar-refractivity contribution < 1.29 is 23.9 Å². The van der Waals surface area contributed by atoms with Crippen molar-refractivity contribution in [2.45, 2.75) is 110 Å². The highest BCUT2D eigenvalue weighted by molar-refractivity contribution is 6.00. The summed E-state index contributed by atoms with van der Waals surface area (Å²) >= 11 is 0. The molecule has 0 aromatic heterocycles. The van der Waals surface area contributed by atoms with E-state index in [9.17, 15) is 14.4 Å². The van der Waals surface area contributed by atoms with Crippen LogP contribution in [0.5, 0.6) is 0 Å². The van der Waals surface area contributed by atoms with E-state index in [1.54, 1.807) is 17.2 Å². The van der Waals surface area contributed by atoms with Crippen LogP contribution in [-0.2, 0) is 19.1 Å². The highest BCUT2D eigenvalue weighted by Crippen LogP contribution is 2.35. The number of aliphatic imine (C=N–C) groups is 1. The minimum atomic E-state index is -0.868. The molecule has 0 unspecified atom stereocenters. The normalized spacial score (nSPS) is 33.1. The van der Waals surface area contributed by atoms with Gasteiger partial charge in [-0.05, 0) is 62.9 Å². The first-order valence-corrected chi connectivity index (χ1v) is 14.7. The average molecular weight is 556 g/mol. The summed E-state index contributed by atoms with van der Waals surface area (Å²) in [6.45, 7) is 9.34. The van der Waals surface area contributed by atoms with Gasteiger partial charge in [-0.15, -0.1) is 0 Å². The van der Waals surface area contributed by atoms with Crippen LogP contribution in [0.3, 0.4) is 0 Å². The summed E-state index contributed by atoms with van der Waals surface area (Å²) in [7, 11) is 0. The fraction of sp³-hybridized carbons (Fsp3) is 0.700. The van der Waals surface area contributed by atoms with Gasteiger partial charge in [-0.3, -0.25) is 9.59 Å². The Morgan fingerprint density at radius 1 is 1.10 bits per heavy atom. The Kier molecular flexibility index (Phi) is 9.36. The monoisotopic (exact) mass is 555 g/mol. The van der Waals surface area contributed by atoms with Crippen LogP contribution in [0.15, 0.2) is 28.8 Å². The van der Waals surface area contributed by atoms with E-state index in [2.05, 4.69) is 10.6 Å². The average Bonchev–Trinajstić information content (AvgIpc) is 3.45. The number of Topliss-reactive ketones (excluding diaryl/α,β-unsaturated/α-hetero) is 1. The predicted octanol–water partition coefficient (Wildman–Crippen LogP) is 4.46. The number of fused-ring (bicyclic) bond motifs is 4. The third-order valence-corrected chi connectivity index (χ3v) is 8.62. The van der Waals surface area contributed by atoms with Crippen LogP contribution in [0.2, 0.25) is 0 Å². The van der Waals surface area contributed by atoms with Crippen molar-refractivity contribution >= 4 is 29.7 Å². The van der Waals surface area contributed by atoms with E-state index in [0.717, 1.165) is 50.7 Å². The molecule has 0 aromatic carbocycles. The van der Waals surface area contributed by atoms with E-state index in [0.29, 0.717) is 23.9 Å². The Balaban J connectivity index is 1.66. The molecular formula is C30H45N5O5. The Morgan fingerprint density at radius 2 is 1.85 bits per heavy atom. The van der Waals surface area contributed by atoms with Crippen LogP contribution in [0.1, 0.15) is 86.0 Å². The maximum atomic E-state index is 14.0. The zero-order valence-corrected chi connectivity index (χ0v) is 24.5. The summed E-state index contributed by atoms with van der Waals surface area (Å²) in [6, 6.07) is -1.54. The van der Waals surface area contributed by atoms with Crippen LogP contribution < -0.4 is 10.6 Å². The molecular weight excluding hydrogens is 510 g/mol. The fourth-order valence-electron chi connectivity index (χ4n) is 6.45. The third-order valence-electron chi connectivity index (χ3n) is 8.62. The number of nitrogens with zero attached hydrogens (tertiary/aromatic N) is 2. The molecule has 3 N–H and O–H groups in total. The topological polar surface area (TPSA) is 133 Å². The van der Waals surface area contributed by atoms with Crippen LogP contribution in [-0.4, -0.2) is 65.4 Å². The van der Waals surface area contributed by atoms with E-state index in [1.807, 2.05) is 27.7 Å². The SMILES string of the molecule is CC(=O)[C@@H]1[C@H](C)[C@@H]2CN1C(=O)[C@H](C(C)(C)C)NC(=O)O[C@@H]1CCC[C@H]1CCCCCC1=N/C(=C/C=N)NC=C1O2. The molecule has 2 bridgehead atoms. The summed E-state index contributed by atoms with van der Waals surface area (Å²) in [4.78, 5) is 46.3. The van der Waals surface area contributed by atoms with Gasteiger partial charge in [-0.25, -0.2) is 9.79 Å². The van der Waals surface area contributed by atoms with Gasteiger partial charge in [0.05, 0.1) is 18.3 Å². The molecule has 220 valence electrons. The number of hydrogen-bond acceptors (Lipinski definition) is 8. The minimum absolute atomic E-state index is 0.122. The summed E-state index contributed by atoms with van der Waals surface area (Å²) < 4.78 is 12.4. The van der Waals surface area contributed by atoms with Crippen molar-refractivity contribution in [2.75, 3.05) is 6.54 Å². The molecule has 0 spiro atoms. The molecule has 3 aliphatic heterocycles. The van der Waals surface area contributed by atoms with Gasteiger partial charge in [0.2, 0.25) is 5.91 Å². The fourth-order valence-corrected chi connectivity index (χ4v) is 6.45. The van der Waals surface area contributed by atoms with Gasteiger partial charge >= 0.3 is 6.09 Å². The summed E-state index contributed by atoms with van der Waals surface area (Å²) in [5, 5.41) is 13.4. The van der Waals surface area contributed by atoms with Crippen molar-refractivity contribution in [3.63, 3.8) is 0 Å². The molecule has 4 aliphatic rings. The Labute approximate surface area is 237 Å². The smallest absolute Gasteiger partial charge is 0.408 e. The second-order valence-electron chi connectivity index (χ2n) is 12.7. The standard InChI is InChI=1S/C30H45N5O5/c1-18-24-17-35(26(18)19(2)36)28(37)27(30(3,4)5)34-29(38)40-22-13-9-11-20(22)10-7-6-8-12-21-23(39-24)16-32-25(33-21)14-15-31/h14-16,18,20,22,24,26-27,31-32H,6-13,17H2,1-5H3,(H,34,38)/b25-14+,31-15?/t18-,20-,22-,24+,26+,27-/m1/s1. The van der Waals surface area contributed by atoms with Crippen LogP contribution >= 0.6 is 0 Å². The number of ether oxygens (including phenoxy) is 2. The molecule has 1 aliphatic carbocycles. The Bertz CT molecular complexity index is 1090. The molecule has 6 atom stereocenters. The molecule has 3 heterocycles. The number of carbonyl (C=O) groups is 3. The Morgan fingerprint density at radius 3 is 2.55 bits per heavy atom. The highest BCUT2D eigenvalue weighted by Gasteiger charge is 2.49. The zero-order chi connectivity index (χ0) is 29.0. The first-order chi connectivity index (χ1) is 19.0. The number of ketones is 1. The molecule has 1 saturated carbocycles. The number of alkyl carbamates (subject to hydrolysis) is 1. The number of amides is 2. The molecule has 0 radical (unpaired) electrons. The molecule has 10 heteroatoms. The first kappa shape index (κ1) is 29.8. The van der Waals surface area contributed by atoms with Gasteiger partial charge in [-0.2, -0.15) is 0 Å². The van der Waals surface area contributed by atoms with Gasteiger partial charge in [0.15, 0.2) is 11.5 Å². The van der Waals surface area contributed by atoms with Crippen molar-refractivity contribution in [1.82, 2.24) is 15.5 Å². The van der Waals surface area contributed by atoms with Gasteiger partial charge < -0.3 is 30.4 Å². The molecule has 0 aromatic rings. The lowest BCUT2D eigenvalue weighted by molar-refractivity contribution is -0.141. The quantitative estimate of drug-likeness (QED) is 0.431. The molecule has 3 fully saturated rings. The van der Waals surface area contributed by atoms with Gasteiger partial charge in [-0.1, -0.05) is 40.5 Å².